The fourth-order valence-electron chi connectivity index (χ4n) is 2.63. The van der Waals surface area contributed by atoms with E-state index >= 15 is 0 Å². The van der Waals surface area contributed by atoms with Crippen LogP contribution in [0.4, 0.5) is 5.69 Å². The van der Waals surface area contributed by atoms with Gasteiger partial charge in [0, 0.05) is 18.8 Å². The summed E-state index contributed by atoms with van der Waals surface area (Å²) in [6.07, 6.45) is 3.69. The molecule has 13 heavy (non-hydrogen) atoms. The second kappa shape index (κ2) is 2.54. The van der Waals surface area contributed by atoms with Crippen LogP contribution in [0.15, 0.2) is 12.1 Å². The largest absolute Gasteiger partial charge is 0.371 e. The molecular formula is C11H12BN. The van der Waals surface area contributed by atoms with E-state index in [1.807, 2.05) is 0 Å². The molecule has 0 saturated carbocycles. The SMILES string of the molecule is [B]c1cc2c3c(c1)CCN3CCC2. The number of benzene rings is 1. The molecule has 0 fully saturated rings. The summed E-state index contributed by atoms with van der Waals surface area (Å²) in [5.74, 6) is 0. The third-order valence-corrected chi connectivity index (χ3v) is 3.13. The molecule has 0 saturated heterocycles. The van der Waals surface area contributed by atoms with Crippen molar-refractivity contribution in [2.75, 3.05) is 18.0 Å². The molecule has 0 unspecified atom stereocenters. The minimum Gasteiger partial charge on any atom is -0.371 e. The normalized spacial score (nSPS) is 18.9. The Labute approximate surface area is 80.2 Å². The van der Waals surface area contributed by atoms with Gasteiger partial charge in [-0.25, -0.2) is 0 Å². The van der Waals surface area contributed by atoms with Crippen molar-refractivity contribution >= 4 is 19.0 Å². The van der Waals surface area contributed by atoms with Crippen LogP contribution >= 0.6 is 0 Å². The maximum absolute atomic E-state index is 5.86. The molecule has 2 heteroatoms. The summed E-state index contributed by atoms with van der Waals surface area (Å²) < 4.78 is 0. The molecule has 0 N–H and O–H groups in total. The van der Waals surface area contributed by atoms with Gasteiger partial charge >= 0.3 is 0 Å². The Kier molecular flexibility index (Phi) is 1.46. The zero-order valence-electron chi connectivity index (χ0n) is 7.71. The van der Waals surface area contributed by atoms with Crippen molar-refractivity contribution in [3.05, 3.63) is 23.3 Å². The molecule has 0 aliphatic carbocycles. The molecule has 0 amide bonds. The third kappa shape index (κ3) is 1.01. The van der Waals surface area contributed by atoms with Crippen LogP contribution in [0.5, 0.6) is 0 Å². The zero-order chi connectivity index (χ0) is 8.84. The van der Waals surface area contributed by atoms with E-state index in [4.69, 9.17) is 7.85 Å². The van der Waals surface area contributed by atoms with Gasteiger partial charge in [0.1, 0.15) is 7.85 Å². The van der Waals surface area contributed by atoms with E-state index in [1.165, 1.54) is 49.2 Å². The fraction of sp³-hybridized carbons (Fsp3) is 0.455. The summed E-state index contributed by atoms with van der Waals surface area (Å²) in [6.45, 7) is 2.44. The van der Waals surface area contributed by atoms with Gasteiger partial charge in [0.05, 0.1) is 0 Å². The number of hydrogen-bond donors (Lipinski definition) is 0. The van der Waals surface area contributed by atoms with E-state index in [1.54, 1.807) is 0 Å². The van der Waals surface area contributed by atoms with Crippen LogP contribution in [0.2, 0.25) is 0 Å². The molecular weight excluding hydrogens is 157 g/mol. The summed E-state index contributed by atoms with van der Waals surface area (Å²) in [5, 5.41) is 0. The van der Waals surface area contributed by atoms with Crippen molar-refractivity contribution in [1.29, 1.82) is 0 Å². The molecule has 0 atom stereocenters. The molecule has 1 nitrogen and oxygen atoms in total. The Morgan fingerprint density at radius 1 is 1.08 bits per heavy atom. The molecule has 1 aromatic rings. The molecule has 0 aromatic heterocycles. The van der Waals surface area contributed by atoms with Crippen LogP contribution in [-0.4, -0.2) is 20.9 Å². The topological polar surface area (TPSA) is 3.24 Å². The van der Waals surface area contributed by atoms with Crippen LogP contribution in [0, 0.1) is 0 Å². The lowest BCUT2D eigenvalue weighted by Gasteiger charge is -2.27. The lowest BCUT2D eigenvalue weighted by atomic mass is 9.88. The van der Waals surface area contributed by atoms with Gasteiger partial charge in [0.15, 0.2) is 0 Å². The maximum Gasteiger partial charge on any atom is 0.113 e. The molecule has 1 aromatic carbocycles. The van der Waals surface area contributed by atoms with Crippen LogP contribution in [0.3, 0.4) is 0 Å². The molecule has 0 bridgehead atoms. The quantitative estimate of drug-likeness (QED) is 0.519. The standard InChI is InChI=1S/C11H12BN/c12-10-6-8-2-1-4-13-5-3-9(7-10)11(8)13/h6-7H,1-5H2. The van der Waals surface area contributed by atoms with Crippen molar-refractivity contribution in [2.45, 2.75) is 19.3 Å². The van der Waals surface area contributed by atoms with Gasteiger partial charge in [0.2, 0.25) is 0 Å². The van der Waals surface area contributed by atoms with Crippen molar-refractivity contribution in [2.24, 2.45) is 0 Å². The van der Waals surface area contributed by atoms with Crippen LogP contribution in [0.1, 0.15) is 17.5 Å². The summed E-state index contributed by atoms with van der Waals surface area (Å²) in [4.78, 5) is 2.51. The molecule has 3 rings (SSSR count). The molecule has 2 aliphatic heterocycles. The van der Waals surface area contributed by atoms with E-state index in [2.05, 4.69) is 17.0 Å². The monoisotopic (exact) mass is 169 g/mol. The van der Waals surface area contributed by atoms with Gasteiger partial charge in [-0.15, -0.1) is 0 Å². The summed E-state index contributed by atoms with van der Waals surface area (Å²) in [7, 11) is 5.86. The number of anilines is 1. The van der Waals surface area contributed by atoms with E-state index in [0.29, 0.717) is 0 Å². The predicted molar refractivity (Wildman–Crippen MR) is 56.1 cm³/mol. The molecule has 0 spiro atoms. The third-order valence-electron chi connectivity index (χ3n) is 3.13. The Morgan fingerprint density at radius 3 is 2.69 bits per heavy atom. The summed E-state index contributed by atoms with van der Waals surface area (Å²) in [6, 6.07) is 4.29. The highest BCUT2D eigenvalue weighted by atomic mass is 15.2. The lowest BCUT2D eigenvalue weighted by molar-refractivity contribution is 0.719. The van der Waals surface area contributed by atoms with E-state index in [9.17, 15) is 0 Å². The average molecular weight is 169 g/mol. The van der Waals surface area contributed by atoms with Gasteiger partial charge in [-0.05, 0) is 30.4 Å². The number of rotatable bonds is 0. The van der Waals surface area contributed by atoms with E-state index < -0.39 is 0 Å². The lowest BCUT2D eigenvalue weighted by Crippen LogP contribution is -2.27. The maximum atomic E-state index is 5.86. The number of hydrogen-bond acceptors (Lipinski definition) is 1. The smallest absolute Gasteiger partial charge is 0.113 e. The van der Waals surface area contributed by atoms with Crippen molar-refractivity contribution in [1.82, 2.24) is 0 Å². The number of aryl methyl sites for hydroxylation is 1. The van der Waals surface area contributed by atoms with Crippen LogP contribution in [0.25, 0.3) is 0 Å². The second-order valence-corrected chi connectivity index (χ2v) is 4.03. The van der Waals surface area contributed by atoms with Gasteiger partial charge < -0.3 is 4.90 Å². The summed E-state index contributed by atoms with van der Waals surface area (Å²) >= 11 is 0. The van der Waals surface area contributed by atoms with Crippen molar-refractivity contribution in [3.8, 4) is 0 Å². The van der Waals surface area contributed by atoms with Crippen LogP contribution < -0.4 is 10.4 Å². The highest BCUT2D eigenvalue weighted by Crippen LogP contribution is 2.34. The second-order valence-electron chi connectivity index (χ2n) is 4.03. The zero-order valence-corrected chi connectivity index (χ0v) is 7.71. The number of nitrogens with zero attached hydrogens (tertiary/aromatic N) is 1. The minimum atomic E-state index is 0.942. The van der Waals surface area contributed by atoms with Gasteiger partial charge in [-0.2, -0.15) is 0 Å². The van der Waals surface area contributed by atoms with Crippen molar-refractivity contribution in [3.63, 3.8) is 0 Å². The summed E-state index contributed by atoms with van der Waals surface area (Å²) in [5.41, 5.74) is 5.38. The first-order valence-electron chi connectivity index (χ1n) is 5.01. The molecule has 64 valence electrons. The Balaban J connectivity index is 2.23. The van der Waals surface area contributed by atoms with E-state index in [-0.39, 0.29) is 0 Å². The molecule has 2 radical (unpaired) electrons. The van der Waals surface area contributed by atoms with Gasteiger partial charge in [-0.1, -0.05) is 17.6 Å². The van der Waals surface area contributed by atoms with Crippen molar-refractivity contribution < 1.29 is 0 Å². The molecule has 2 aliphatic rings. The minimum absolute atomic E-state index is 0.942. The van der Waals surface area contributed by atoms with Gasteiger partial charge in [-0.3, -0.25) is 0 Å². The first kappa shape index (κ1) is 7.49. The molecule has 2 heterocycles. The first-order chi connectivity index (χ1) is 6.34. The Morgan fingerprint density at radius 2 is 1.85 bits per heavy atom. The Hall–Kier alpha value is -0.915. The predicted octanol–water partition coefficient (Wildman–Crippen LogP) is 0.789. The highest BCUT2D eigenvalue weighted by Gasteiger charge is 2.24. The van der Waals surface area contributed by atoms with Crippen LogP contribution in [-0.2, 0) is 12.8 Å². The van der Waals surface area contributed by atoms with E-state index in [0.717, 1.165) is 5.46 Å². The Bertz CT molecular complexity index is 359. The fourth-order valence-corrected chi connectivity index (χ4v) is 2.63. The highest BCUT2D eigenvalue weighted by molar-refractivity contribution is 6.32. The first-order valence-corrected chi connectivity index (χ1v) is 5.01. The van der Waals surface area contributed by atoms with Gasteiger partial charge in [0.25, 0.3) is 0 Å². The average Bonchev–Trinajstić information content (AvgIpc) is 2.50.